The molecular formula is C17H20F3N3O3. The summed E-state index contributed by atoms with van der Waals surface area (Å²) in [6.07, 6.45) is -3.41. The van der Waals surface area contributed by atoms with Gasteiger partial charge in [0, 0.05) is 12.7 Å². The molecule has 0 aliphatic heterocycles. The van der Waals surface area contributed by atoms with Crippen LogP contribution < -0.4 is 14.8 Å². The first-order chi connectivity index (χ1) is 12.3. The van der Waals surface area contributed by atoms with Crippen LogP contribution in [0.15, 0.2) is 30.5 Å². The SMILES string of the molecule is CCOc1ccc(CNC(=O)Cn2ccc(C(F)(F)F)n2)cc1OCC. The number of hydrogen-bond acceptors (Lipinski definition) is 4. The third kappa shape index (κ3) is 5.40. The molecule has 26 heavy (non-hydrogen) atoms. The quantitative estimate of drug-likeness (QED) is 0.775. The number of hydrogen-bond donors (Lipinski definition) is 1. The topological polar surface area (TPSA) is 65.4 Å². The molecule has 0 aliphatic rings. The maximum Gasteiger partial charge on any atom is 0.435 e. The van der Waals surface area contributed by atoms with Crippen molar-refractivity contribution in [3.63, 3.8) is 0 Å². The number of amides is 1. The van der Waals surface area contributed by atoms with Crippen LogP contribution in [0.5, 0.6) is 11.5 Å². The number of benzene rings is 1. The Kier molecular flexibility index (Phi) is 6.48. The van der Waals surface area contributed by atoms with Crippen molar-refractivity contribution < 1.29 is 27.4 Å². The molecule has 0 atom stereocenters. The second-order valence-electron chi connectivity index (χ2n) is 5.32. The molecule has 2 aromatic rings. The normalized spacial score (nSPS) is 11.3. The Balaban J connectivity index is 1.94. The first-order valence-electron chi connectivity index (χ1n) is 8.09. The van der Waals surface area contributed by atoms with E-state index in [1.54, 1.807) is 18.2 Å². The summed E-state index contributed by atoms with van der Waals surface area (Å²) in [7, 11) is 0. The minimum Gasteiger partial charge on any atom is -0.490 e. The number of nitrogens with one attached hydrogen (secondary N) is 1. The van der Waals surface area contributed by atoms with Crippen LogP contribution in [-0.2, 0) is 24.1 Å². The Hall–Kier alpha value is -2.71. The van der Waals surface area contributed by atoms with E-state index < -0.39 is 17.8 Å². The fourth-order valence-corrected chi connectivity index (χ4v) is 2.21. The third-order valence-corrected chi connectivity index (χ3v) is 3.33. The highest BCUT2D eigenvalue weighted by Gasteiger charge is 2.33. The molecule has 9 heteroatoms. The highest BCUT2D eigenvalue weighted by Crippen LogP contribution is 2.29. The Morgan fingerprint density at radius 3 is 2.46 bits per heavy atom. The van der Waals surface area contributed by atoms with Crippen molar-refractivity contribution in [2.24, 2.45) is 0 Å². The zero-order valence-corrected chi connectivity index (χ0v) is 14.5. The zero-order chi connectivity index (χ0) is 19.2. The number of nitrogens with zero attached hydrogens (tertiary/aromatic N) is 2. The molecular weight excluding hydrogens is 351 g/mol. The van der Waals surface area contributed by atoms with Gasteiger partial charge in [0.2, 0.25) is 5.91 Å². The van der Waals surface area contributed by atoms with Gasteiger partial charge in [0.1, 0.15) is 6.54 Å². The van der Waals surface area contributed by atoms with E-state index in [1.165, 1.54) is 0 Å². The van der Waals surface area contributed by atoms with E-state index in [0.717, 1.165) is 22.5 Å². The molecule has 0 bridgehead atoms. The van der Waals surface area contributed by atoms with E-state index in [0.29, 0.717) is 24.7 Å². The van der Waals surface area contributed by atoms with Gasteiger partial charge < -0.3 is 14.8 Å². The van der Waals surface area contributed by atoms with Crippen molar-refractivity contribution >= 4 is 5.91 Å². The smallest absolute Gasteiger partial charge is 0.435 e. The van der Waals surface area contributed by atoms with Crippen LogP contribution in [0.3, 0.4) is 0 Å². The fraction of sp³-hybridized carbons (Fsp3) is 0.412. The molecule has 0 fully saturated rings. The Bertz CT molecular complexity index is 744. The minimum atomic E-state index is -4.53. The molecule has 0 spiro atoms. The average molecular weight is 371 g/mol. The molecule has 6 nitrogen and oxygen atoms in total. The van der Waals surface area contributed by atoms with E-state index in [1.807, 2.05) is 13.8 Å². The van der Waals surface area contributed by atoms with Crippen molar-refractivity contribution in [3.05, 3.63) is 41.7 Å². The largest absolute Gasteiger partial charge is 0.490 e. The van der Waals surface area contributed by atoms with E-state index in [2.05, 4.69) is 10.4 Å². The van der Waals surface area contributed by atoms with Crippen LogP contribution in [-0.4, -0.2) is 28.9 Å². The third-order valence-electron chi connectivity index (χ3n) is 3.33. The van der Waals surface area contributed by atoms with Gasteiger partial charge in [-0.25, -0.2) is 0 Å². The molecule has 1 heterocycles. The molecule has 1 amide bonds. The van der Waals surface area contributed by atoms with Crippen LogP contribution in [0.2, 0.25) is 0 Å². The minimum absolute atomic E-state index is 0.207. The number of ether oxygens (including phenoxy) is 2. The van der Waals surface area contributed by atoms with Crippen molar-refractivity contribution in [3.8, 4) is 11.5 Å². The first kappa shape index (κ1) is 19.6. The van der Waals surface area contributed by atoms with Crippen LogP contribution in [0.4, 0.5) is 13.2 Å². The molecule has 0 aliphatic carbocycles. The molecule has 1 aromatic heterocycles. The van der Waals surface area contributed by atoms with Gasteiger partial charge in [-0.2, -0.15) is 18.3 Å². The molecule has 0 saturated heterocycles. The van der Waals surface area contributed by atoms with E-state index in [4.69, 9.17) is 9.47 Å². The highest BCUT2D eigenvalue weighted by molar-refractivity contribution is 5.75. The molecule has 2 rings (SSSR count). The highest BCUT2D eigenvalue weighted by atomic mass is 19.4. The lowest BCUT2D eigenvalue weighted by Gasteiger charge is -2.13. The van der Waals surface area contributed by atoms with E-state index in [-0.39, 0.29) is 13.1 Å². The fourth-order valence-electron chi connectivity index (χ4n) is 2.21. The lowest BCUT2D eigenvalue weighted by molar-refractivity contribution is -0.141. The molecule has 1 aromatic carbocycles. The number of alkyl halides is 3. The van der Waals surface area contributed by atoms with Gasteiger partial charge in [-0.05, 0) is 37.6 Å². The first-order valence-corrected chi connectivity index (χ1v) is 8.09. The Labute approximate surface area is 148 Å². The summed E-state index contributed by atoms with van der Waals surface area (Å²) in [6, 6.07) is 6.11. The van der Waals surface area contributed by atoms with Crippen molar-refractivity contribution in [2.75, 3.05) is 13.2 Å². The van der Waals surface area contributed by atoms with Crippen LogP contribution in [0.1, 0.15) is 25.1 Å². The summed E-state index contributed by atoms with van der Waals surface area (Å²) in [5.41, 5.74) is -0.250. The van der Waals surface area contributed by atoms with Crippen molar-refractivity contribution in [1.29, 1.82) is 0 Å². The molecule has 0 radical (unpaired) electrons. The lowest BCUT2D eigenvalue weighted by atomic mass is 10.2. The van der Waals surface area contributed by atoms with Crippen LogP contribution >= 0.6 is 0 Å². The summed E-state index contributed by atoms with van der Waals surface area (Å²) in [5.74, 6) is 0.734. The van der Waals surface area contributed by atoms with Crippen LogP contribution in [0.25, 0.3) is 0 Å². The summed E-state index contributed by atoms with van der Waals surface area (Å²) >= 11 is 0. The summed E-state index contributed by atoms with van der Waals surface area (Å²) in [4.78, 5) is 11.9. The van der Waals surface area contributed by atoms with Gasteiger partial charge >= 0.3 is 6.18 Å². The predicted octanol–water partition coefficient (Wildman–Crippen LogP) is 3.02. The molecule has 142 valence electrons. The number of halogens is 3. The number of aromatic nitrogens is 2. The van der Waals surface area contributed by atoms with Gasteiger partial charge in [0.15, 0.2) is 17.2 Å². The van der Waals surface area contributed by atoms with Crippen LogP contribution in [0, 0.1) is 0 Å². The molecule has 0 unspecified atom stereocenters. The van der Waals surface area contributed by atoms with Gasteiger partial charge in [0.05, 0.1) is 13.2 Å². The van der Waals surface area contributed by atoms with Gasteiger partial charge in [-0.1, -0.05) is 6.07 Å². The number of carbonyl (C=O) groups excluding carboxylic acids is 1. The lowest BCUT2D eigenvalue weighted by Crippen LogP contribution is -2.27. The van der Waals surface area contributed by atoms with E-state index in [9.17, 15) is 18.0 Å². The zero-order valence-electron chi connectivity index (χ0n) is 14.5. The average Bonchev–Trinajstić information content (AvgIpc) is 3.04. The second kappa shape index (κ2) is 8.59. The summed E-state index contributed by atoms with van der Waals surface area (Å²) < 4.78 is 49.4. The van der Waals surface area contributed by atoms with Crippen molar-refractivity contribution in [1.82, 2.24) is 15.1 Å². The van der Waals surface area contributed by atoms with Crippen molar-refractivity contribution in [2.45, 2.75) is 33.1 Å². The maximum absolute atomic E-state index is 12.5. The maximum atomic E-state index is 12.5. The van der Waals surface area contributed by atoms with Gasteiger partial charge in [0.25, 0.3) is 0 Å². The summed E-state index contributed by atoms with van der Waals surface area (Å²) in [6.45, 7) is 4.59. The second-order valence-corrected chi connectivity index (χ2v) is 5.32. The van der Waals surface area contributed by atoms with Gasteiger partial charge in [-0.15, -0.1) is 0 Å². The standard InChI is InChI=1S/C17H20F3N3O3/c1-3-25-13-6-5-12(9-14(13)26-4-2)10-21-16(24)11-23-8-7-15(22-23)17(18,19)20/h5-9H,3-4,10-11H2,1-2H3,(H,21,24). The molecule has 0 saturated carbocycles. The predicted molar refractivity (Wildman–Crippen MR) is 87.9 cm³/mol. The van der Waals surface area contributed by atoms with Gasteiger partial charge in [-0.3, -0.25) is 9.48 Å². The summed E-state index contributed by atoms with van der Waals surface area (Å²) in [5, 5.41) is 5.98. The number of rotatable bonds is 8. The Morgan fingerprint density at radius 2 is 1.85 bits per heavy atom. The Morgan fingerprint density at radius 1 is 1.15 bits per heavy atom. The number of carbonyl (C=O) groups is 1. The van der Waals surface area contributed by atoms with E-state index >= 15 is 0 Å². The monoisotopic (exact) mass is 371 g/mol. The molecule has 1 N–H and O–H groups in total.